The van der Waals surface area contributed by atoms with Crippen LogP contribution in [-0.4, -0.2) is 29.7 Å². The molecular formula is C15H15NO4. The molecule has 0 radical (unpaired) electrons. The number of para-hydroxylation sites is 1. The zero-order chi connectivity index (χ0) is 14.3. The van der Waals surface area contributed by atoms with Crippen molar-refractivity contribution in [1.82, 2.24) is 4.90 Å². The van der Waals surface area contributed by atoms with E-state index in [9.17, 15) is 9.59 Å². The standard InChI is InChI=1S/C15H15NO4/c1-15(2)8-19-9-16(15)13(17)11-7-10-5-3-4-6-12(10)20-14(11)18/h3-7H,8-9H2,1-2H3. The van der Waals surface area contributed by atoms with Crippen LogP contribution in [0.1, 0.15) is 24.2 Å². The van der Waals surface area contributed by atoms with E-state index in [1.165, 1.54) is 0 Å². The first-order chi connectivity index (χ1) is 9.49. The molecule has 0 unspecified atom stereocenters. The van der Waals surface area contributed by atoms with Crippen LogP contribution in [-0.2, 0) is 4.74 Å². The Kier molecular flexibility index (Phi) is 2.87. The van der Waals surface area contributed by atoms with E-state index < -0.39 is 11.2 Å². The summed E-state index contributed by atoms with van der Waals surface area (Å²) in [5.74, 6) is -0.355. The van der Waals surface area contributed by atoms with Gasteiger partial charge in [0.05, 0.1) is 12.1 Å². The van der Waals surface area contributed by atoms with Gasteiger partial charge in [-0.05, 0) is 26.0 Å². The molecule has 5 heteroatoms. The number of ether oxygens (including phenoxy) is 1. The van der Waals surface area contributed by atoms with Crippen LogP contribution in [0.25, 0.3) is 11.0 Å². The molecule has 5 nitrogen and oxygen atoms in total. The van der Waals surface area contributed by atoms with Crippen LogP contribution in [0.2, 0.25) is 0 Å². The first-order valence-electron chi connectivity index (χ1n) is 6.42. The van der Waals surface area contributed by atoms with Gasteiger partial charge in [0.25, 0.3) is 5.91 Å². The molecule has 0 spiro atoms. The number of fused-ring (bicyclic) bond motifs is 1. The molecule has 3 rings (SSSR count). The van der Waals surface area contributed by atoms with E-state index in [0.717, 1.165) is 5.39 Å². The van der Waals surface area contributed by atoms with Crippen LogP contribution >= 0.6 is 0 Å². The summed E-state index contributed by atoms with van der Waals surface area (Å²) in [5.41, 5.74) is -0.514. The molecule has 1 saturated heterocycles. The number of rotatable bonds is 1. The Morgan fingerprint density at radius 3 is 2.75 bits per heavy atom. The van der Waals surface area contributed by atoms with Crippen LogP contribution in [0.3, 0.4) is 0 Å². The average Bonchev–Trinajstić information content (AvgIpc) is 2.77. The molecule has 1 aliphatic heterocycles. The van der Waals surface area contributed by atoms with Crippen molar-refractivity contribution in [3.8, 4) is 0 Å². The lowest BCUT2D eigenvalue weighted by Crippen LogP contribution is -2.45. The van der Waals surface area contributed by atoms with Crippen LogP contribution < -0.4 is 5.63 Å². The van der Waals surface area contributed by atoms with Gasteiger partial charge in [0.1, 0.15) is 17.9 Å². The van der Waals surface area contributed by atoms with Crippen molar-refractivity contribution in [3.05, 3.63) is 46.3 Å². The fraction of sp³-hybridized carbons (Fsp3) is 0.333. The molecule has 1 aliphatic rings. The number of nitrogens with zero attached hydrogens (tertiary/aromatic N) is 1. The highest BCUT2D eigenvalue weighted by atomic mass is 16.5. The number of benzene rings is 1. The van der Waals surface area contributed by atoms with Crippen LogP contribution in [0, 0.1) is 0 Å². The summed E-state index contributed by atoms with van der Waals surface area (Å²) < 4.78 is 10.5. The third kappa shape index (κ3) is 2.00. The summed E-state index contributed by atoms with van der Waals surface area (Å²) >= 11 is 0. The maximum Gasteiger partial charge on any atom is 0.349 e. The van der Waals surface area contributed by atoms with E-state index in [4.69, 9.17) is 9.15 Å². The minimum atomic E-state index is -0.614. The van der Waals surface area contributed by atoms with Gasteiger partial charge >= 0.3 is 5.63 Å². The van der Waals surface area contributed by atoms with Crippen LogP contribution in [0.4, 0.5) is 0 Å². The summed E-state index contributed by atoms with van der Waals surface area (Å²) in [5, 5.41) is 0.730. The average molecular weight is 273 g/mol. The van der Waals surface area contributed by atoms with Gasteiger partial charge < -0.3 is 14.1 Å². The SMILES string of the molecule is CC1(C)COCN1C(=O)c1cc2ccccc2oc1=O. The second-order valence-corrected chi connectivity index (χ2v) is 5.51. The summed E-state index contributed by atoms with van der Waals surface area (Å²) in [7, 11) is 0. The predicted molar refractivity (Wildman–Crippen MR) is 73.6 cm³/mol. The monoisotopic (exact) mass is 273 g/mol. The van der Waals surface area contributed by atoms with E-state index in [0.29, 0.717) is 12.2 Å². The number of carbonyl (C=O) groups is 1. The minimum absolute atomic E-state index is 0.0438. The van der Waals surface area contributed by atoms with E-state index in [-0.39, 0.29) is 18.2 Å². The zero-order valence-electron chi connectivity index (χ0n) is 11.4. The van der Waals surface area contributed by atoms with Gasteiger partial charge in [-0.15, -0.1) is 0 Å². The highest BCUT2D eigenvalue weighted by Gasteiger charge is 2.38. The number of hydrogen-bond donors (Lipinski definition) is 0. The second kappa shape index (κ2) is 4.45. The Morgan fingerprint density at radius 1 is 1.30 bits per heavy atom. The maximum absolute atomic E-state index is 12.5. The fourth-order valence-corrected chi connectivity index (χ4v) is 2.33. The smallest absolute Gasteiger partial charge is 0.349 e. The molecule has 1 fully saturated rings. The Morgan fingerprint density at radius 2 is 2.05 bits per heavy atom. The molecule has 20 heavy (non-hydrogen) atoms. The zero-order valence-corrected chi connectivity index (χ0v) is 11.4. The molecule has 0 atom stereocenters. The molecule has 0 N–H and O–H groups in total. The molecule has 1 aromatic carbocycles. The summed E-state index contributed by atoms with van der Waals surface area (Å²) in [6.07, 6.45) is 0. The lowest BCUT2D eigenvalue weighted by molar-refractivity contribution is 0.0601. The first-order valence-corrected chi connectivity index (χ1v) is 6.42. The molecule has 0 aliphatic carbocycles. The van der Waals surface area contributed by atoms with Crippen molar-refractivity contribution < 1.29 is 13.9 Å². The summed E-state index contributed by atoms with van der Waals surface area (Å²) in [6, 6.07) is 8.70. The highest BCUT2D eigenvalue weighted by molar-refractivity contribution is 5.97. The Bertz CT molecular complexity index is 732. The van der Waals surface area contributed by atoms with Gasteiger partial charge in [0.15, 0.2) is 0 Å². The highest BCUT2D eigenvalue weighted by Crippen LogP contribution is 2.24. The minimum Gasteiger partial charge on any atom is -0.422 e. The van der Waals surface area contributed by atoms with Gasteiger partial charge in [-0.25, -0.2) is 4.79 Å². The van der Waals surface area contributed by atoms with Crippen molar-refractivity contribution in [2.75, 3.05) is 13.3 Å². The molecule has 104 valence electrons. The quantitative estimate of drug-likeness (QED) is 0.746. The summed E-state index contributed by atoms with van der Waals surface area (Å²) in [4.78, 5) is 26.1. The van der Waals surface area contributed by atoms with E-state index in [2.05, 4.69) is 0 Å². The van der Waals surface area contributed by atoms with Crippen molar-refractivity contribution in [3.63, 3.8) is 0 Å². The fourth-order valence-electron chi connectivity index (χ4n) is 2.33. The van der Waals surface area contributed by atoms with Crippen LogP contribution in [0.5, 0.6) is 0 Å². The Hall–Kier alpha value is -2.14. The predicted octanol–water partition coefficient (Wildman–Crippen LogP) is 2.00. The van der Waals surface area contributed by atoms with Crippen molar-refractivity contribution in [1.29, 1.82) is 0 Å². The first kappa shape index (κ1) is 12.9. The Labute approximate surface area is 115 Å². The molecule has 0 bridgehead atoms. The lowest BCUT2D eigenvalue weighted by atomic mass is 10.0. The van der Waals surface area contributed by atoms with Gasteiger partial charge in [0.2, 0.25) is 0 Å². The van der Waals surface area contributed by atoms with Gasteiger partial charge in [-0.2, -0.15) is 0 Å². The van der Waals surface area contributed by atoms with Crippen molar-refractivity contribution >= 4 is 16.9 Å². The van der Waals surface area contributed by atoms with Gasteiger partial charge in [-0.3, -0.25) is 4.79 Å². The third-order valence-electron chi connectivity index (χ3n) is 3.52. The maximum atomic E-state index is 12.5. The van der Waals surface area contributed by atoms with Gasteiger partial charge in [-0.1, -0.05) is 18.2 Å². The van der Waals surface area contributed by atoms with Crippen molar-refractivity contribution in [2.45, 2.75) is 19.4 Å². The molecular weight excluding hydrogens is 258 g/mol. The van der Waals surface area contributed by atoms with Crippen molar-refractivity contribution in [2.24, 2.45) is 0 Å². The van der Waals surface area contributed by atoms with Gasteiger partial charge in [0, 0.05) is 5.39 Å². The molecule has 1 aromatic heterocycles. The molecule has 2 heterocycles. The lowest BCUT2D eigenvalue weighted by Gasteiger charge is -2.28. The summed E-state index contributed by atoms with van der Waals surface area (Å²) in [6.45, 7) is 4.46. The van der Waals surface area contributed by atoms with E-state index >= 15 is 0 Å². The van der Waals surface area contributed by atoms with E-state index in [1.807, 2.05) is 19.9 Å². The largest absolute Gasteiger partial charge is 0.422 e. The molecule has 2 aromatic rings. The number of carbonyl (C=O) groups excluding carboxylic acids is 1. The molecule has 1 amide bonds. The topological polar surface area (TPSA) is 59.8 Å². The number of amides is 1. The normalized spacial score (nSPS) is 17.6. The third-order valence-corrected chi connectivity index (χ3v) is 3.52. The molecule has 0 saturated carbocycles. The van der Waals surface area contributed by atoms with E-state index in [1.54, 1.807) is 29.2 Å². The van der Waals surface area contributed by atoms with Crippen LogP contribution in [0.15, 0.2) is 39.5 Å². The Balaban J connectivity index is 2.08. The number of hydrogen-bond acceptors (Lipinski definition) is 4. The second-order valence-electron chi connectivity index (χ2n) is 5.51.